The summed E-state index contributed by atoms with van der Waals surface area (Å²) in [7, 11) is -1.94. The number of esters is 1. The fourth-order valence-electron chi connectivity index (χ4n) is 2.39. The third-order valence-electron chi connectivity index (χ3n) is 3.98. The minimum atomic E-state index is -4.77. The molecule has 2 aromatic rings. The van der Waals surface area contributed by atoms with Gasteiger partial charge in [0.25, 0.3) is 0 Å². The van der Waals surface area contributed by atoms with Crippen LogP contribution in [0.5, 0.6) is 11.5 Å². The Morgan fingerprint density at radius 2 is 1.59 bits per heavy atom. The van der Waals surface area contributed by atoms with Crippen molar-refractivity contribution >= 4 is 21.6 Å². The molecule has 0 N–H and O–H groups in total. The van der Waals surface area contributed by atoms with E-state index in [0.717, 1.165) is 24.3 Å². The summed E-state index contributed by atoms with van der Waals surface area (Å²) in [5.41, 5.74) is 0.0755. The minimum absolute atomic E-state index is 0.0976. The van der Waals surface area contributed by atoms with Crippen LogP contribution in [-0.2, 0) is 14.6 Å². The van der Waals surface area contributed by atoms with Gasteiger partial charge in [-0.25, -0.2) is 13.2 Å². The normalized spacial score (nSPS) is 12.3. The number of methoxy groups -OCH3 is 2. The van der Waals surface area contributed by atoms with Crippen LogP contribution in [0.3, 0.4) is 0 Å². The van der Waals surface area contributed by atoms with E-state index >= 15 is 0 Å². The SMILES string of the molecule is COc1ccc(C(=O)[C@@H](C)OC(=O)c2ccc(S(=O)(=O)C(F)F)cc2)c(OC)c1. The second-order valence-electron chi connectivity index (χ2n) is 5.81. The molecule has 0 aromatic heterocycles. The fourth-order valence-corrected chi connectivity index (χ4v) is 3.11. The molecule has 0 aliphatic rings. The van der Waals surface area contributed by atoms with E-state index in [9.17, 15) is 26.8 Å². The quantitative estimate of drug-likeness (QED) is 0.471. The average molecular weight is 428 g/mol. The van der Waals surface area contributed by atoms with Crippen molar-refractivity contribution < 1.29 is 41.0 Å². The summed E-state index contributed by atoms with van der Waals surface area (Å²) in [6.07, 6.45) is -1.19. The topological polar surface area (TPSA) is 96.0 Å². The van der Waals surface area contributed by atoms with Gasteiger partial charge in [-0.15, -0.1) is 0 Å². The number of sulfone groups is 1. The van der Waals surface area contributed by atoms with Crippen LogP contribution in [0.1, 0.15) is 27.6 Å². The largest absolute Gasteiger partial charge is 0.497 e. The number of benzene rings is 2. The first kappa shape index (κ1) is 22.3. The van der Waals surface area contributed by atoms with Crippen LogP contribution >= 0.6 is 0 Å². The van der Waals surface area contributed by atoms with Gasteiger partial charge in [0.15, 0.2) is 6.10 Å². The summed E-state index contributed by atoms with van der Waals surface area (Å²) in [5.74, 6) is -4.31. The Bertz CT molecular complexity index is 1000. The number of ether oxygens (including phenoxy) is 3. The van der Waals surface area contributed by atoms with Gasteiger partial charge < -0.3 is 14.2 Å². The molecule has 1 atom stereocenters. The van der Waals surface area contributed by atoms with Crippen molar-refractivity contribution in [2.24, 2.45) is 0 Å². The highest BCUT2D eigenvalue weighted by atomic mass is 32.2. The maximum atomic E-state index is 12.6. The maximum absolute atomic E-state index is 12.6. The van der Waals surface area contributed by atoms with E-state index in [1.807, 2.05) is 0 Å². The van der Waals surface area contributed by atoms with Gasteiger partial charge in [-0.3, -0.25) is 4.79 Å². The van der Waals surface area contributed by atoms with Crippen molar-refractivity contribution in [1.29, 1.82) is 0 Å². The molecular formula is C19H18F2O7S. The number of Topliss-reactive ketones (excluding diaryl/α,β-unsaturated/α-hetero) is 1. The third-order valence-corrected chi connectivity index (χ3v) is 5.38. The van der Waals surface area contributed by atoms with Crippen molar-refractivity contribution in [3.05, 3.63) is 53.6 Å². The first-order valence-electron chi connectivity index (χ1n) is 8.21. The predicted molar refractivity (Wildman–Crippen MR) is 98.4 cm³/mol. The molecule has 0 fully saturated rings. The summed E-state index contributed by atoms with van der Waals surface area (Å²) in [6.45, 7) is 1.36. The van der Waals surface area contributed by atoms with Crippen molar-refractivity contribution in [2.45, 2.75) is 23.7 Å². The highest BCUT2D eigenvalue weighted by Gasteiger charge is 2.27. The number of halogens is 2. The Balaban J connectivity index is 2.15. The lowest BCUT2D eigenvalue weighted by Gasteiger charge is -2.15. The highest BCUT2D eigenvalue weighted by Crippen LogP contribution is 2.26. The zero-order chi connectivity index (χ0) is 21.8. The molecule has 0 amide bonds. The van der Waals surface area contributed by atoms with Crippen molar-refractivity contribution in [2.75, 3.05) is 14.2 Å². The van der Waals surface area contributed by atoms with E-state index in [1.165, 1.54) is 33.3 Å². The zero-order valence-electron chi connectivity index (χ0n) is 15.7. The molecule has 0 bridgehead atoms. The minimum Gasteiger partial charge on any atom is -0.497 e. The number of rotatable bonds is 8. The zero-order valence-corrected chi connectivity index (χ0v) is 16.5. The van der Waals surface area contributed by atoms with Gasteiger partial charge in [0, 0.05) is 6.07 Å². The van der Waals surface area contributed by atoms with E-state index in [0.29, 0.717) is 5.75 Å². The molecule has 156 valence electrons. The van der Waals surface area contributed by atoms with Crippen LogP contribution < -0.4 is 9.47 Å². The van der Waals surface area contributed by atoms with Gasteiger partial charge in [-0.1, -0.05) is 0 Å². The van der Waals surface area contributed by atoms with Gasteiger partial charge in [-0.05, 0) is 43.3 Å². The Labute approximate surface area is 166 Å². The molecule has 0 saturated carbocycles. The van der Waals surface area contributed by atoms with E-state index in [4.69, 9.17) is 14.2 Å². The standard InChI is InChI=1S/C19H18F2O7S/c1-11(17(22)15-9-6-13(26-2)10-16(15)27-3)28-18(23)12-4-7-14(8-5-12)29(24,25)19(20)21/h4-11,19H,1-3H3/t11-/m1/s1. The molecule has 0 aliphatic heterocycles. The number of carbonyl (C=O) groups excluding carboxylic acids is 2. The first-order valence-corrected chi connectivity index (χ1v) is 9.75. The molecule has 2 rings (SSSR count). The molecule has 0 saturated heterocycles. The lowest BCUT2D eigenvalue weighted by Crippen LogP contribution is -2.25. The number of hydrogen-bond donors (Lipinski definition) is 0. The summed E-state index contributed by atoms with van der Waals surface area (Å²) in [5, 5.41) is 0. The van der Waals surface area contributed by atoms with Gasteiger partial charge in [0.05, 0.1) is 30.2 Å². The van der Waals surface area contributed by atoms with Gasteiger partial charge in [0.2, 0.25) is 15.6 Å². The van der Waals surface area contributed by atoms with Gasteiger partial charge in [0.1, 0.15) is 11.5 Å². The maximum Gasteiger partial charge on any atom is 0.341 e. The van der Waals surface area contributed by atoms with Crippen LogP contribution in [0.2, 0.25) is 0 Å². The predicted octanol–water partition coefficient (Wildman–Crippen LogP) is 3.13. The van der Waals surface area contributed by atoms with E-state index in [1.54, 1.807) is 6.07 Å². The molecule has 0 unspecified atom stereocenters. The molecular weight excluding hydrogens is 410 g/mol. The van der Waals surface area contributed by atoms with Gasteiger partial charge in [-0.2, -0.15) is 8.78 Å². The highest BCUT2D eigenvalue weighted by molar-refractivity contribution is 7.91. The average Bonchev–Trinajstić information content (AvgIpc) is 2.72. The fraction of sp³-hybridized carbons (Fsp3) is 0.263. The molecule has 0 spiro atoms. The number of alkyl halides is 2. The monoisotopic (exact) mass is 428 g/mol. The molecule has 7 nitrogen and oxygen atoms in total. The summed E-state index contributed by atoms with van der Waals surface area (Å²) < 4.78 is 63.2. The Kier molecular flexibility index (Phi) is 6.91. The van der Waals surface area contributed by atoms with E-state index in [-0.39, 0.29) is 16.9 Å². The second kappa shape index (κ2) is 8.99. The molecule has 0 aliphatic carbocycles. The van der Waals surface area contributed by atoms with Crippen LogP contribution in [-0.4, -0.2) is 46.3 Å². The Hall–Kier alpha value is -3.01. The lowest BCUT2D eigenvalue weighted by atomic mass is 10.1. The smallest absolute Gasteiger partial charge is 0.341 e. The van der Waals surface area contributed by atoms with Crippen LogP contribution in [0, 0.1) is 0 Å². The van der Waals surface area contributed by atoms with Crippen LogP contribution in [0.25, 0.3) is 0 Å². The van der Waals surface area contributed by atoms with Crippen molar-refractivity contribution in [3.63, 3.8) is 0 Å². The lowest BCUT2D eigenvalue weighted by molar-refractivity contribution is 0.0317. The van der Waals surface area contributed by atoms with E-state index < -0.39 is 38.3 Å². The number of carbonyl (C=O) groups is 2. The number of ketones is 1. The van der Waals surface area contributed by atoms with Crippen molar-refractivity contribution in [1.82, 2.24) is 0 Å². The van der Waals surface area contributed by atoms with Crippen LogP contribution in [0.15, 0.2) is 47.4 Å². The van der Waals surface area contributed by atoms with Gasteiger partial charge >= 0.3 is 11.7 Å². The number of hydrogen-bond acceptors (Lipinski definition) is 7. The van der Waals surface area contributed by atoms with Crippen LogP contribution in [0.4, 0.5) is 8.78 Å². The summed E-state index contributed by atoms with van der Waals surface area (Å²) in [6, 6.07) is 8.32. The Morgan fingerprint density at radius 3 is 2.10 bits per heavy atom. The molecule has 0 radical (unpaired) electrons. The van der Waals surface area contributed by atoms with Crippen molar-refractivity contribution in [3.8, 4) is 11.5 Å². The first-order chi connectivity index (χ1) is 13.6. The third kappa shape index (κ3) is 4.89. The Morgan fingerprint density at radius 1 is 0.966 bits per heavy atom. The molecule has 0 heterocycles. The van der Waals surface area contributed by atoms with E-state index in [2.05, 4.69) is 0 Å². The second-order valence-corrected chi connectivity index (χ2v) is 7.73. The molecule has 2 aromatic carbocycles. The molecule has 10 heteroatoms. The summed E-state index contributed by atoms with van der Waals surface area (Å²) >= 11 is 0. The summed E-state index contributed by atoms with van der Waals surface area (Å²) in [4.78, 5) is 24.2. The molecule has 29 heavy (non-hydrogen) atoms.